The molecule has 1 aliphatic heterocycles. The maximum Gasteiger partial charge on any atom is 0.317 e. The lowest BCUT2D eigenvalue weighted by Gasteiger charge is -2.20. The van der Waals surface area contributed by atoms with Gasteiger partial charge in [-0.2, -0.15) is 0 Å². The molecule has 1 aromatic carbocycles. The number of carboxylic acid groups (broad SMARTS) is 1. The predicted molar refractivity (Wildman–Crippen MR) is 87.0 cm³/mol. The molecule has 0 radical (unpaired) electrons. The standard InChI is InChI=1S/C16H22N2O3S/c1-3-22-13-6-4-5-12(9-13)10-17-15(21)18-8-7-16(2,11-18)14(19)20/h4-6,9H,3,7-8,10-11H2,1-2H3,(H,17,21)(H,19,20). The Kier molecular flexibility index (Phi) is 5.34. The van der Waals surface area contributed by atoms with Gasteiger partial charge in [0.15, 0.2) is 0 Å². The zero-order chi connectivity index (χ0) is 16.2. The predicted octanol–water partition coefficient (Wildman–Crippen LogP) is 2.80. The molecule has 1 fully saturated rings. The number of nitrogens with one attached hydrogen (secondary N) is 1. The normalized spacial score (nSPS) is 20.9. The van der Waals surface area contributed by atoms with Gasteiger partial charge in [-0.05, 0) is 36.8 Å². The molecule has 0 aliphatic carbocycles. The van der Waals surface area contributed by atoms with Crippen LogP contribution < -0.4 is 5.32 Å². The summed E-state index contributed by atoms with van der Waals surface area (Å²) in [6, 6.07) is 7.89. The molecule has 2 amide bonds. The van der Waals surface area contributed by atoms with E-state index in [1.165, 1.54) is 4.90 Å². The third kappa shape index (κ3) is 3.94. The summed E-state index contributed by atoms with van der Waals surface area (Å²) < 4.78 is 0. The fourth-order valence-corrected chi connectivity index (χ4v) is 3.25. The van der Waals surface area contributed by atoms with Crippen molar-refractivity contribution in [3.05, 3.63) is 29.8 Å². The minimum atomic E-state index is -0.841. The number of benzene rings is 1. The number of aliphatic carboxylic acids is 1. The van der Waals surface area contributed by atoms with Crippen molar-refractivity contribution in [1.82, 2.24) is 10.2 Å². The minimum Gasteiger partial charge on any atom is -0.481 e. The number of urea groups is 1. The number of carbonyl (C=O) groups excluding carboxylic acids is 1. The van der Waals surface area contributed by atoms with Crippen LogP contribution in [0.15, 0.2) is 29.2 Å². The fourth-order valence-electron chi connectivity index (χ4n) is 2.51. The highest BCUT2D eigenvalue weighted by atomic mass is 32.2. The van der Waals surface area contributed by atoms with Gasteiger partial charge in [-0.1, -0.05) is 19.1 Å². The third-order valence-corrected chi connectivity index (χ3v) is 4.81. The van der Waals surface area contributed by atoms with Gasteiger partial charge in [-0.15, -0.1) is 11.8 Å². The zero-order valence-corrected chi connectivity index (χ0v) is 13.8. The van der Waals surface area contributed by atoms with Crippen LogP contribution >= 0.6 is 11.8 Å². The molecular formula is C16H22N2O3S. The molecule has 1 aromatic rings. The van der Waals surface area contributed by atoms with E-state index in [4.69, 9.17) is 0 Å². The Morgan fingerprint density at radius 3 is 2.86 bits per heavy atom. The lowest BCUT2D eigenvalue weighted by atomic mass is 9.90. The molecule has 1 aliphatic rings. The van der Waals surface area contributed by atoms with E-state index in [2.05, 4.69) is 24.4 Å². The summed E-state index contributed by atoms with van der Waals surface area (Å²) in [7, 11) is 0. The van der Waals surface area contributed by atoms with Gasteiger partial charge >= 0.3 is 12.0 Å². The van der Waals surface area contributed by atoms with E-state index in [-0.39, 0.29) is 12.6 Å². The van der Waals surface area contributed by atoms with Crippen molar-refractivity contribution < 1.29 is 14.7 Å². The lowest BCUT2D eigenvalue weighted by molar-refractivity contribution is -0.146. The molecule has 1 unspecified atom stereocenters. The molecule has 1 heterocycles. The van der Waals surface area contributed by atoms with E-state index in [1.54, 1.807) is 23.6 Å². The first-order valence-corrected chi connectivity index (χ1v) is 8.41. The van der Waals surface area contributed by atoms with E-state index in [0.717, 1.165) is 11.3 Å². The van der Waals surface area contributed by atoms with Crippen molar-refractivity contribution >= 4 is 23.8 Å². The molecule has 2 N–H and O–H groups in total. The molecule has 120 valence electrons. The molecule has 2 rings (SSSR count). The Morgan fingerprint density at radius 2 is 2.23 bits per heavy atom. The lowest BCUT2D eigenvalue weighted by Crippen LogP contribution is -2.40. The number of hydrogen-bond donors (Lipinski definition) is 2. The highest BCUT2D eigenvalue weighted by Crippen LogP contribution is 2.30. The number of thioether (sulfide) groups is 1. The first-order chi connectivity index (χ1) is 10.4. The maximum atomic E-state index is 12.2. The third-order valence-electron chi connectivity index (χ3n) is 3.93. The smallest absolute Gasteiger partial charge is 0.317 e. The maximum absolute atomic E-state index is 12.2. The number of amides is 2. The topological polar surface area (TPSA) is 69.6 Å². The van der Waals surface area contributed by atoms with Gasteiger partial charge in [0.05, 0.1) is 5.41 Å². The molecule has 6 heteroatoms. The number of carboxylic acids is 1. The Balaban J connectivity index is 1.88. The Bertz CT molecular complexity index is 564. The molecule has 0 bridgehead atoms. The van der Waals surface area contributed by atoms with Gasteiger partial charge in [0.25, 0.3) is 0 Å². The van der Waals surface area contributed by atoms with Gasteiger partial charge in [-0.25, -0.2) is 4.79 Å². The van der Waals surface area contributed by atoms with Crippen LogP contribution in [-0.2, 0) is 11.3 Å². The van der Waals surface area contributed by atoms with Gasteiger partial charge in [0.1, 0.15) is 0 Å². The van der Waals surface area contributed by atoms with E-state index in [1.807, 2.05) is 12.1 Å². The molecule has 0 spiro atoms. The molecule has 1 atom stereocenters. The van der Waals surface area contributed by atoms with Gasteiger partial charge in [0, 0.05) is 24.5 Å². The monoisotopic (exact) mass is 322 g/mol. The zero-order valence-electron chi connectivity index (χ0n) is 13.0. The van der Waals surface area contributed by atoms with Crippen molar-refractivity contribution in [2.45, 2.75) is 31.7 Å². The van der Waals surface area contributed by atoms with Crippen LogP contribution in [0.25, 0.3) is 0 Å². The summed E-state index contributed by atoms with van der Waals surface area (Å²) >= 11 is 1.76. The molecule has 22 heavy (non-hydrogen) atoms. The quantitative estimate of drug-likeness (QED) is 0.818. The summed E-state index contributed by atoms with van der Waals surface area (Å²) in [5.74, 6) is 0.171. The van der Waals surface area contributed by atoms with Crippen molar-refractivity contribution in [2.75, 3.05) is 18.8 Å². The van der Waals surface area contributed by atoms with Crippen LogP contribution in [0.1, 0.15) is 25.8 Å². The van der Waals surface area contributed by atoms with E-state index in [9.17, 15) is 14.7 Å². The van der Waals surface area contributed by atoms with Gasteiger partial charge < -0.3 is 15.3 Å². The first kappa shape index (κ1) is 16.7. The summed E-state index contributed by atoms with van der Waals surface area (Å²) in [5.41, 5.74) is 0.224. The van der Waals surface area contributed by atoms with Crippen LogP contribution in [0, 0.1) is 5.41 Å². The Morgan fingerprint density at radius 1 is 1.45 bits per heavy atom. The van der Waals surface area contributed by atoms with Crippen LogP contribution in [0.5, 0.6) is 0 Å². The number of rotatable bonds is 5. The molecule has 0 saturated carbocycles. The second kappa shape index (κ2) is 7.05. The van der Waals surface area contributed by atoms with Crippen LogP contribution in [0.2, 0.25) is 0 Å². The van der Waals surface area contributed by atoms with Crippen molar-refractivity contribution in [3.8, 4) is 0 Å². The Hall–Kier alpha value is -1.69. The van der Waals surface area contributed by atoms with E-state index >= 15 is 0 Å². The van der Waals surface area contributed by atoms with E-state index < -0.39 is 11.4 Å². The average Bonchev–Trinajstić information content (AvgIpc) is 2.90. The van der Waals surface area contributed by atoms with Crippen LogP contribution in [-0.4, -0.2) is 40.8 Å². The van der Waals surface area contributed by atoms with Crippen LogP contribution in [0.3, 0.4) is 0 Å². The van der Waals surface area contributed by atoms with E-state index in [0.29, 0.717) is 19.5 Å². The fraction of sp³-hybridized carbons (Fsp3) is 0.500. The number of carbonyl (C=O) groups is 2. The molecular weight excluding hydrogens is 300 g/mol. The largest absolute Gasteiger partial charge is 0.481 e. The van der Waals surface area contributed by atoms with Crippen molar-refractivity contribution in [3.63, 3.8) is 0 Å². The summed E-state index contributed by atoms with van der Waals surface area (Å²) in [5, 5.41) is 12.1. The first-order valence-electron chi connectivity index (χ1n) is 7.42. The molecule has 5 nitrogen and oxygen atoms in total. The van der Waals surface area contributed by atoms with Crippen molar-refractivity contribution in [1.29, 1.82) is 0 Å². The van der Waals surface area contributed by atoms with Crippen LogP contribution in [0.4, 0.5) is 4.79 Å². The van der Waals surface area contributed by atoms with Gasteiger partial charge in [0.2, 0.25) is 0 Å². The SMILES string of the molecule is CCSc1cccc(CNC(=O)N2CCC(C)(C(=O)O)C2)c1. The second-order valence-corrected chi connectivity index (χ2v) is 7.11. The highest BCUT2D eigenvalue weighted by Gasteiger charge is 2.42. The minimum absolute atomic E-state index is 0.196. The highest BCUT2D eigenvalue weighted by molar-refractivity contribution is 7.99. The number of likely N-dealkylation sites (tertiary alicyclic amines) is 1. The molecule has 0 aromatic heterocycles. The van der Waals surface area contributed by atoms with Gasteiger partial charge in [-0.3, -0.25) is 4.79 Å². The number of hydrogen-bond acceptors (Lipinski definition) is 3. The second-order valence-electron chi connectivity index (χ2n) is 5.78. The van der Waals surface area contributed by atoms with Crippen molar-refractivity contribution in [2.24, 2.45) is 5.41 Å². The average molecular weight is 322 g/mol. The summed E-state index contributed by atoms with van der Waals surface area (Å²) in [4.78, 5) is 26.1. The summed E-state index contributed by atoms with van der Waals surface area (Å²) in [6.45, 7) is 5.00. The number of nitrogens with zero attached hydrogens (tertiary/aromatic N) is 1. The Labute approximate surface area is 135 Å². The molecule has 1 saturated heterocycles. The summed E-state index contributed by atoms with van der Waals surface area (Å²) in [6.07, 6.45) is 0.498.